The van der Waals surface area contributed by atoms with Crippen molar-refractivity contribution in [3.05, 3.63) is 57.4 Å². The molecule has 0 fully saturated rings. The predicted octanol–water partition coefficient (Wildman–Crippen LogP) is 3.97. The zero-order valence-electron chi connectivity index (χ0n) is 9.15. The molecule has 0 aliphatic rings. The van der Waals surface area contributed by atoms with E-state index in [1.54, 1.807) is 30.3 Å². The lowest BCUT2D eigenvalue weighted by Crippen LogP contribution is -2.12. The molecule has 0 aliphatic carbocycles. The molecule has 2 nitrogen and oxygen atoms in total. The maximum atomic E-state index is 12.9. The van der Waals surface area contributed by atoms with Crippen molar-refractivity contribution >= 4 is 46.8 Å². The number of benzene rings is 2. The minimum Gasteiger partial charge on any atom is -0.321 e. The van der Waals surface area contributed by atoms with Gasteiger partial charge in [-0.3, -0.25) is 4.79 Å². The molecule has 0 bridgehead atoms. The fraction of sp³-hybridized carbons (Fsp3) is 0. The Morgan fingerprint density at radius 2 is 1.83 bits per heavy atom. The first-order valence-electron chi connectivity index (χ1n) is 5.12. The third kappa shape index (κ3) is 3.23. The Kier molecular flexibility index (Phi) is 4.23. The summed E-state index contributed by atoms with van der Waals surface area (Å²) in [6.45, 7) is 0. The maximum Gasteiger partial charge on any atom is 0.255 e. The van der Waals surface area contributed by atoms with Gasteiger partial charge in [0, 0.05) is 14.0 Å². The van der Waals surface area contributed by atoms with Crippen molar-refractivity contribution in [3.8, 4) is 0 Å². The number of hydrogen-bond acceptors (Lipinski definition) is 2. The van der Waals surface area contributed by atoms with Crippen LogP contribution < -0.4 is 5.32 Å². The summed E-state index contributed by atoms with van der Waals surface area (Å²) in [5, 5.41) is 2.74. The summed E-state index contributed by atoms with van der Waals surface area (Å²) in [7, 11) is 0. The monoisotopic (exact) mass is 373 g/mol. The van der Waals surface area contributed by atoms with Crippen molar-refractivity contribution in [1.82, 2.24) is 0 Å². The van der Waals surface area contributed by atoms with Gasteiger partial charge in [0.05, 0.1) is 5.69 Å². The van der Waals surface area contributed by atoms with Gasteiger partial charge in [-0.2, -0.15) is 0 Å². The number of rotatable bonds is 2. The molecule has 18 heavy (non-hydrogen) atoms. The zero-order chi connectivity index (χ0) is 13.1. The largest absolute Gasteiger partial charge is 0.321 e. The molecule has 0 aliphatic heterocycles. The van der Waals surface area contributed by atoms with Crippen molar-refractivity contribution < 1.29 is 9.18 Å². The molecule has 1 N–H and O–H groups in total. The number of thiol groups is 1. The Morgan fingerprint density at radius 3 is 2.44 bits per heavy atom. The van der Waals surface area contributed by atoms with E-state index in [1.165, 1.54) is 12.1 Å². The summed E-state index contributed by atoms with van der Waals surface area (Å²) in [4.78, 5) is 12.7. The lowest BCUT2D eigenvalue weighted by atomic mass is 10.2. The standard InChI is InChI=1S/C13H9FINOS/c14-9-3-6-12(11(15)7-9)16-13(17)8-1-4-10(18)5-2-8/h1-7,18H,(H,16,17). The van der Waals surface area contributed by atoms with Gasteiger partial charge in [-0.15, -0.1) is 12.6 Å². The minimum absolute atomic E-state index is 0.229. The van der Waals surface area contributed by atoms with E-state index in [-0.39, 0.29) is 11.7 Å². The first kappa shape index (κ1) is 13.4. The summed E-state index contributed by atoms with van der Waals surface area (Å²) >= 11 is 6.13. The van der Waals surface area contributed by atoms with E-state index >= 15 is 0 Å². The van der Waals surface area contributed by atoms with Gasteiger partial charge in [0.1, 0.15) is 5.82 Å². The number of anilines is 1. The van der Waals surface area contributed by atoms with Crippen LogP contribution in [-0.4, -0.2) is 5.91 Å². The van der Waals surface area contributed by atoms with Gasteiger partial charge < -0.3 is 5.32 Å². The van der Waals surface area contributed by atoms with Gasteiger partial charge in [-0.1, -0.05) is 0 Å². The van der Waals surface area contributed by atoms with Crippen LogP contribution in [-0.2, 0) is 0 Å². The third-order valence-corrected chi connectivity index (χ3v) is 3.50. The van der Waals surface area contributed by atoms with Crippen molar-refractivity contribution in [2.45, 2.75) is 4.90 Å². The van der Waals surface area contributed by atoms with Crippen LogP contribution in [0.1, 0.15) is 10.4 Å². The molecule has 1 amide bonds. The smallest absolute Gasteiger partial charge is 0.255 e. The number of carbonyl (C=O) groups is 1. The molecular weight excluding hydrogens is 364 g/mol. The van der Waals surface area contributed by atoms with Crippen LogP contribution in [0.5, 0.6) is 0 Å². The van der Waals surface area contributed by atoms with Gasteiger partial charge in [0.25, 0.3) is 5.91 Å². The highest BCUT2D eigenvalue weighted by Gasteiger charge is 2.08. The second kappa shape index (κ2) is 5.71. The summed E-state index contributed by atoms with van der Waals surface area (Å²) in [5.41, 5.74) is 1.13. The van der Waals surface area contributed by atoms with Crippen LogP contribution in [0.25, 0.3) is 0 Å². The number of halogens is 2. The van der Waals surface area contributed by atoms with Crippen LogP contribution in [0.15, 0.2) is 47.4 Å². The summed E-state index contributed by atoms with van der Waals surface area (Å²) in [5.74, 6) is -0.551. The second-order valence-corrected chi connectivity index (χ2v) is 5.30. The van der Waals surface area contributed by atoms with E-state index in [1.807, 2.05) is 22.6 Å². The highest BCUT2D eigenvalue weighted by Crippen LogP contribution is 2.20. The SMILES string of the molecule is O=C(Nc1ccc(F)cc1I)c1ccc(S)cc1. The maximum absolute atomic E-state index is 12.9. The Bertz CT molecular complexity index is 586. The van der Waals surface area contributed by atoms with Gasteiger partial charge in [0.15, 0.2) is 0 Å². The highest BCUT2D eigenvalue weighted by molar-refractivity contribution is 14.1. The number of amides is 1. The molecule has 0 spiro atoms. The van der Waals surface area contributed by atoms with Crippen molar-refractivity contribution in [3.63, 3.8) is 0 Å². The summed E-state index contributed by atoms with van der Waals surface area (Å²) in [6, 6.07) is 11.1. The summed E-state index contributed by atoms with van der Waals surface area (Å²) < 4.78 is 13.6. The summed E-state index contributed by atoms with van der Waals surface area (Å²) in [6.07, 6.45) is 0. The van der Waals surface area contributed by atoms with Crippen molar-refractivity contribution in [1.29, 1.82) is 0 Å². The molecule has 5 heteroatoms. The Balaban J connectivity index is 2.18. The molecule has 92 valence electrons. The van der Waals surface area contributed by atoms with Crippen LogP contribution in [0.4, 0.5) is 10.1 Å². The van der Waals surface area contributed by atoms with E-state index in [2.05, 4.69) is 17.9 Å². The lowest BCUT2D eigenvalue weighted by molar-refractivity contribution is 0.102. The molecule has 0 saturated heterocycles. The average molecular weight is 373 g/mol. The van der Waals surface area contributed by atoms with Crippen LogP contribution in [0.3, 0.4) is 0 Å². The molecule has 0 radical (unpaired) electrons. The van der Waals surface area contributed by atoms with E-state index in [0.29, 0.717) is 14.8 Å². The molecule has 2 aromatic rings. The van der Waals surface area contributed by atoms with Crippen molar-refractivity contribution in [2.24, 2.45) is 0 Å². The van der Waals surface area contributed by atoms with E-state index in [9.17, 15) is 9.18 Å². The van der Waals surface area contributed by atoms with Crippen LogP contribution in [0.2, 0.25) is 0 Å². The molecule has 2 aromatic carbocycles. The lowest BCUT2D eigenvalue weighted by Gasteiger charge is -2.07. The number of carbonyl (C=O) groups excluding carboxylic acids is 1. The normalized spacial score (nSPS) is 10.2. The Hall–Kier alpha value is -1.08. The molecule has 0 aromatic heterocycles. The number of hydrogen-bond donors (Lipinski definition) is 2. The Morgan fingerprint density at radius 1 is 1.17 bits per heavy atom. The fourth-order valence-electron chi connectivity index (χ4n) is 1.40. The topological polar surface area (TPSA) is 29.1 Å². The van der Waals surface area contributed by atoms with E-state index in [0.717, 1.165) is 4.90 Å². The highest BCUT2D eigenvalue weighted by atomic mass is 127. The first-order valence-corrected chi connectivity index (χ1v) is 6.64. The quantitative estimate of drug-likeness (QED) is 0.606. The Labute approximate surface area is 123 Å². The molecule has 0 unspecified atom stereocenters. The predicted molar refractivity (Wildman–Crippen MR) is 80.8 cm³/mol. The molecule has 0 atom stereocenters. The first-order chi connectivity index (χ1) is 8.56. The molecule has 0 heterocycles. The molecule has 0 saturated carbocycles. The van der Waals surface area contributed by atoms with Crippen LogP contribution in [0, 0.1) is 9.39 Å². The van der Waals surface area contributed by atoms with Gasteiger partial charge in [0.2, 0.25) is 0 Å². The molecular formula is C13H9FINOS. The van der Waals surface area contributed by atoms with E-state index in [4.69, 9.17) is 0 Å². The van der Waals surface area contributed by atoms with Gasteiger partial charge in [-0.05, 0) is 65.1 Å². The molecule has 2 rings (SSSR count). The van der Waals surface area contributed by atoms with Crippen molar-refractivity contribution in [2.75, 3.05) is 5.32 Å². The second-order valence-electron chi connectivity index (χ2n) is 3.63. The fourth-order valence-corrected chi connectivity index (χ4v) is 2.16. The van der Waals surface area contributed by atoms with Gasteiger partial charge in [-0.25, -0.2) is 4.39 Å². The van der Waals surface area contributed by atoms with Crippen LogP contribution >= 0.6 is 35.2 Å². The van der Waals surface area contributed by atoms with Gasteiger partial charge >= 0.3 is 0 Å². The number of nitrogens with one attached hydrogen (secondary N) is 1. The average Bonchev–Trinajstić information content (AvgIpc) is 2.33. The third-order valence-electron chi connectivity index (χ3n) is 2.31. The minimum atomic E-state index is -0.322. The zero-order valence-corrected chi connectivity index (χ0v) is 12.2. The van der Waals surface area contributed by atoms with E-state index < -0.39 is 0 Å².